The molecule has 0 bridgehead atoms. The summed E-state index contributed by atoms with van der Waals surface area (Å²) in [4.78, 5) is 19.5. The van der Waals surface area contributed by atoms with Crippen LogP contribution in [0.2, 0.25) is 5.02 Å². The van der Waals surface area contributed by atoms with Crippen molar-refractivity contribution in [1.29, 1.82) is 0 Å². The van der Waals surface area contributed by atoms with Crippen molar-refractivity contribution in [3.05, 3.63) is 17.3 Å². The van der Waals surface area contributed by atoms with E-state index < -0.39 is 0 Å². The van der Waals surface area contributed by atoms with Gasteiger partial charge in [0.1, 0.15) is 5.52 Å². The molecule has 0 unspecified atom stereocenters. The number of hydrogen-bond donors (Lipinski definition) is 2. The molecule has 2 heterocycles. The number of nitrogens with one attached hydrogen (secondary N) is 1. The third-order valence-corrected chi connectivity index (χ3v) is 2.63. The number of hydrogen-bond acceptors (Lipinski definition) is 4. The van der Waals surface area contributed by atoms with E-state index in [4.69, 9.17) is 17.3 Å². The van der Waals surface area contributed by atoms with E-state index in [1.54, 1.807) is 17.7 Å². The molecule has 2 aromatic rings. The van der Waals surface area contributed by atoms with Crippen molar-refractivity contribution in [3.8, 4) is 0 Å². The van der Waals surface area contributed by atoms with Gasteiger partial charge in [-0.1, -0.05) is 11.6 Å². The number of carbonyl (C=O) groups excluding carboxylic acids is 1. The standard InChI is InChI=1S/C10H12ClN5O/c1-13-8(17)2-3-16-9-7(15-10(16)12)4-6(11)5-14-9/h4-5H,2-3H2,1H3,(H2,12,15)(H,13,17). The Morgan fingerprint density at radius 2 is 2.41 bits per heavy atom. The average Bonchev–Trinajstić information content (AvgIpc) is 2.61. The number of imidazole rings is 1. The molecular formula is C10H12ClN5O. The molecule has 0 radical (unpaired) electrons. The Hall–Kier alpha value is -1.82. The summed E-state index contributed by atoms with van der Waals surface area (Å²) in [7, 11) is 1.59. The minimum Gasteiger partial charge on any atom is -0.369 e. The summed E-state index contributed by atoms with van der Waals surface area (Å²) in [6.07, 6.45) is 1.86. The number of halogens is 1. The summed E-state index contributed by atoms with van der Waals surface area (Å²) < 4.78 is 1.70. The minimum absolute atomic E-state index is 0.0554. The van der Waals surface area contributed by atoms with Crippen molar-refractivity contribution in [1.82, 2.24) is 19.9 Å². The van der Waals surface area contributed by atoms with Crippen LogP contribution in [0.15, 0.2) is 12.3 Å². The van der Waals surface area contributed by atoms with Gasteiger partial charge >= 0.3 is 0 Å². The van der Waals surface area contributed by atoms with Crippen LogP contribution in [0.3, 0.4) is 0 Å². The third kappa shape index (κ3) is 2.31. The molecule has 7 heteroatoms. The summed E-state index contributed by atoms with van der Waals surface area (Å²) in [5.74, 6) is 0.277. The zero-order chi connectivity index (χ0) is 12.4. The first kappa shape index (κ1) is 11.7. The molecule has 2 rings (SSSR count). The largest absolute Gasteiger partial charge is 0.369 e. The molecule has 0 aliphatic carbocycles. The zero-order valence-electron chi connectivity index (χ0n) is 9.27. The molecule has 0 aliphatic heterocycles. The Bertz CT molecular complexity index is 565. The number of aromatic nitrogens is 3. The predicted molar refractivity (Wildman–Crippen MR) is 65.6 cm³/mol. The van der Waals surface area contributed by atoms with Gasteiger partial charge in [0.15, 0.2) is 5.65 Å². The zero-order valence-corrected chi connectivity index (χ0v) is 10.0. The van der Waals surface area contributed by atoms with Crippen LogP contribution in [0.25, 0.3) is 11.2 Å². The Kier molecular flexibility index (Phi) is 3.14. The van der Waals surface area contributed by atoms with Crippen LogP contribution in [-0.2, 0) is 11.3 Å². The van der Waals surface area contributed by atoms with Crippen molar-refractivity contribution in [3.63, 3.8) is 0 Å². The molecule has 0 aromatic carbocycles. The van der Waals surface area contributed by atoms with Crippen LogP contribution in [0, 0.1) is 0 Å². The molecule has 0 saturated carbocycles. The molecule has 0 fully saturated rings. The quantitative estimate of drug-likeness (QED) is 0.847. The van der Waals surface area contributed by atoms with Crippen molar-refractivity contribution < 1.29 is 4.79 Å². The first-order chi connectivity index (χ1) is 8.11. The Balaban J connectivity index is 2.33. The van der Waals surface area contributed by atoms with Gasteiger partial charge in [0.25, 0.3) is 0 Å². The van der Waals surface area contributed by atoms with Gasteiger partial charge in [-0.15, -0.1) is 0 Å². The number of nitrogens with two attached hydrogens (primary N) is 1. The number of pyridine rings is 1. The van der Waals surface area contributed by atoms with Gasteiger partial charge in [0.05, 0.1) is 5.02 Å². The molecule has 0 atom stereocenters. The lowest BCUT2D eigenvalue weighted by molar-refractivity contribution is -0.120. The molecule has 1 amide bonds. The van der Waals surface area contributed by atoms with Crippen molar-refractivity contribution in [2.24, 2.45) is 0 Å². The summed E-state index contributed by atoms with van der Waals surface area (Å²) >= 11 is 5.81. The SMILES string of the molecule is CNC(=O)CCn1c(N)nc2cc(Cl)cnc21. The van der Waals surface area contributed by atoms with Crippen molar-refractivity contribution in [2.75, 3.05) is 12.8 Å². The van der Waals surface area contributed by atoms with Gasteiger partial charge in [0.2, 0.25) is 11.9 Å². The number of aryl methyl sites for hydroxylation is 1. The van der Waals surface area contributed by atoms with Crippen LogP contribution in [-0.4, -0.2) is 27.5 Å². The van der Waals surface area contributed by atoms with E-state index in [9.17, 15) is 4.79 Å². The van der Waals surface area contributed by atoms with Crippen LogP contribution >= 0.6 is 11.6 Å². The van der Waals surface area contributed by atoms with Crippen LogP contribution in [0.5, 0.6) is 0 Å². The van der Waals surface area contributed by atoms with Crippen molar-refractivity contribution >= 4 is 34.6 Å². The lowest BCUT2D eigenvalue weighted by Gasteiger charge is -2.04. The molecule has 2 aromatic heterocycles. The van der Waals surface area contributed by atoms with E-state index in [-0.39, 0.29) is 5.91 Å². The summed E-state index contributed by atoms with van der Waals surface area (Å²) in [6.45, 7) is 0.441. The number of nitrogens with zero attached hydrogens (tertiary/aromatic N) is 3. The lowest BCUT2D eigenvalue weighted by Crippen LogP contribution is -2.20. The second-order valence-corrected chi connectivity index (χ2v) is 3.98. The highest BCUT2D eigenvalue weighted by Crippen LogP contribution is 2.19. The molecule has 6 nitrogen and oxygen atoms in total. The monoisotopic (exact) mass is 253 g/mol. The van der Waals surface area contributed by atoms with Gasteiger partial charge in [-0.25, -0.2) is 9.97 Å². The molecule has 3 N–H and O–H groups in total. The van der Waals surface area contributed by atoms with E-state index in [1.165, 1.54) is 6.20 Å². The third-order valence-electron chi connectivity index (χ3n) is 2.42. The number of amides is 1. The van der Waals surface area contributed by atoms with E-state index in [0.717, 1.165) is 0 Å². The number of rotatable bonds is 3. The maximum atomic E-state index is 11.2. The summed E-state index contributed by atoms with van der Waals surface area (Å²) in [6, 6.07) is 1.69. The number of anilines is 1. The van der Waals surface area contributed by atoms with Gasteiger partial charge in [-0.05, 0) is 6.07 Å². The minimum atomic E-state index is -0.0554. The number of carbonyl (C=O) groups is 1. The molecule has 90 valence electrons. The average molecular weight is 254 g/mol. The maximum Gasteiger partial charge on any atom is 0.221 e. The summed E-state index contributed by atoms with van der Waals surface area (Å²) in [5, 5.41) is 3.06. The normalized spacial score (nSPS) is 10.7. The molecule has 0 spiro atoms. The smallest absolute Gasteiger partial charge is 0.221 e. The van der Waals surface area contributed by atoms with E-state index in [0.29, 0.717) is 35.1 Å². The van der Waals surface area contributed by atoms with Gasteiger partial charge in [0, 0.05) is 26.2 Å². The Morgan fingerprint density at radius 1 is 1.65 bits per heavy atom. The van der Waals surface area contributed by atoms with E-state index >= 15 is 0 Å². The molecule has 17 heavy (non-hydrogen) atoms. The molecular weight excluding hydrogens is 242 g/mol. The van der Waals surface area contributed by atoms with E-state index in [2.05, 4.69) is 15.3 Å². The fraction of sp³-hybridized carbons (Fsp3) is 0.300. The van der Waals surface area contributed by atoms with Crippen LogP contribution in [0.4, 0.5) is 5.95 Å². The van der Waals surface area contributed by atoms with Gasteiger partial charge in [-0.3, -0.25) is 9.36 Å². The van der Waals surface area contributed by atoms with Crippen molar-refractivity contribution in [2.45, 2.75) is 13.0 Å². The second kappa shape index (κ2) is 4.58. The fourth-order valence-corrected chi connectivity index (χ4v) is 1.71. The van der Waals surface area contributed by atoms with Crippen LogP contribution in [0.1, 0.15) is 6.42 Å². The van der Waals surface area contributed by atoms with E-state index in [1.807, 2.05) is 0 Å². The fourth-order valence-electron chi connectivity index (χ4n) is 1.56. The highest BCUT2D eigenvalue weighted by molar-refractivity contribution is 6.31. The maximum absolute atomic E-state index is 11.2. The van der Waals surface area contributed by atoms with Crippen LogP contribution < -0.4 is 11.1 Å². The van der Waals surface area contributed by atoms with Gasteiger partial charge in [-0.2, -0.15) is 0 Å². The highest BCUT2D eigenvalue weighted by Gasteiger charge is 2.10. The van der Waals surface area contributed by atoms with Gasteiger partial charge < -0.3 is 11.1 Å². The molecule has 0 aliphatic rings. The summed E-state index contributed by atoms with van der Waals surface area (Å²) in [5.41, 5.74) is 7.03. The highest BCUT2D eigenvalue weighted by atomic mass is 35.5. The number of fused-ring (bicyclic) bond motifs is 1. The first-order valence-electron chi connectivity index (χ1n) is 5.09. The predicted octanol–water partition coefficient (Wildman–Crippen LogP) is 0.803. The second-order valence-electron chi connectivity index (χ2n) is 3.54. The Labute approximate surface area is 103 Å². The lowest BCUT2D eigenvalue weighted by atomic mass is 10.4. The first-order valence-corrected chi connectivity index (χ1v) is 5.47. The number of nitrogen functional groups attached to an aromatic ring is 1. The topological polar surface area (TPSA) is 85.8 Å². The Morgan fingerprint density at radius 3 is 3.12 bits per heavy atom. The molecule has 0 saturated heterocycles.